The van der Waals surface area contributed by atoms with Crippen molar-refractivity contribution in [2.75, 3.05) is 0 Å². The molecule has 0 unspecified atom stereocenters. The molecule has 0 bridgehead atoms. The van der Waals surface area contributed by atoms with Crippen LogP contribution in [0.1, 0.15) is 27.9 Å². The molecule has 0 amide bonds. The highest BCUT2D eigenvalue weighted by Gasteiger charge is 2.16. The Balaban J connectivity index is 2.64. The van der Waals surface area contributed by atoms with Crippen LogP contribution < -0.4 is 5.73 Å². The van der Waals surface area contributed by atoms with Crippen LogP contribution in [0.3, 0.4) is 0 Å². The highest BCUT2D eigenvalue weighted by atomic mass is 16.5. The minimum Gasteiger partial charge on any atom is -0.356 e. The summed E-state index contributed by atoms with van der Waals surface area (Å²) in [5.74, 6) is 0.811. The molecule has 2 rings (SSSR count). The monoisotopic (exact) mass is 230 g/mol. The lowest BCUT2D eigenvalue weighted by Crippen LogP contribution is -1.99. The third-order valence-corrected chi connectivity index (χ3v) is 3.27. The number of hydrogen-bond acceptors (Lipinski definition) is 3. The van der Waals surface area contributed by atoms with Crippen molar-refractivity contribution in [2.45, 2.75) is 34.2 Å². The summed E-state index contributed by atoms with van der Waals surface area (Å²) in [4.78, 5) is 0. The summed E-state index contributed by atoms with van der Waals surface area (Å²) in [5.41, 5.74) is 12.4. The number of rotatable bonds is 2. The minimum absolute atomic E-state index is 0.455. The Morgan fingerprint density at radius 2 is 1.71 bits per heavy atom. The van der Waals surface area contributed by atoms with Crippen LogP contribution in [0.5, 0.6) is 0 Å². The maximum absolute atomic E-state index is 5.75. The molecule has 0 spiro atoms. The Morgan fingerprint density at radius 1 is 1.06 bits per heavy atom. The molecule has 90 valence electrons. The van der Waals surface area contributed by atoms with Crippen molar-refractivity contribution in [3.8, 4) is 11.3 Å². The molecule has 3 heteroatoms. The van der Waals surface area contributed by atoms with Gasteiger partial charge in [-0.2, -0.15) is 0 Å². The molecule has 0 atom stereocenters. The van der Waals surface area contributed by atoms with Gasteiger partial charge in [-0.3, -0.25) is 0 Å². The summed E-state index contributed by atoms with van der Waals surface area (Å²) >= 11 is 0. The lowest BCUT2D eigenvalue weighted by atomic mass is 9.97. The number of aryl methyl sites for hydroxylation is 4. The van der Waals surface area contributed by atoms with Crippen LogP contribution in [0.25, 0.3) is 11.3 Å². The molecule has 1 aromatic carbocycles. The molecule has 0 radical (unpaired) electrons. The van der Waals surface area contributed by atoms with Crippen molar-refractivity contribution in [1.82, 2.24) is 5.16 Å². The van der Waals surface area contributed by atoms with Gasteiger partial charge in [-0.1, -0.05) is 11.2 Å². The van der Waals surface area contributed by atoms with Gasteiger partial charge >= 0.3 is 0 Å². The highest BCUT2D eigenvalue weighted by molar-refractivity contribution is 5.67. The Morgan fingerprint density at radius 3 is 2.35 bits per heavy atom. The second-order valence-electron chi connectivity index (χ2n) is 4.53. The largest absolute Gasteiger partial charge is 0.356 e. The molecular formula is C14H18N2O. The summed E-state index contributed by atoms with van der Waals surface area (Å²) in [5, 5.41) is 4.00. The van der Waals surface area contributed by atoms with Gasteiger partial charge in [0.05, 0.1) is 5.69 Å². The molecule has 0 fully saturated rings. The van der Waals surface area contributed by atoms with Crippen molar-refractivity contribution in [1.29, 1.82) is 0 Å². The molecule has 0 aliphatic rings. The molecule has 2 aromatic rings. The fourth-order valence-electron chi connectivity index (χ4n) is 2.05. The van der Waals surface area contributed by atoms with E-state index in [0.29, 0.717) is 6.54 Å². The van der Waals surface area contributed by atoms with Crippen molar-refractivity contribution < 1.29 is 4.52 Å². The van der Waals surface area contributed by atoms with Gasteiger partial charge in [-0.15, -0.1) is 0 Å². The first kappa shape index (κ1) is 11.9. The summed E-state index contributed by atoms with van der Waals surface area (Å²) in [6.07, 6.45) is 0. The molecular weight excluding hydrogens is 212 g/mol. The van der Waals surface area contributed by atoms with E-state index in [4.69, 9.17) is 10.3 Å². The molecule has 0 saturated heterocycles. The molecule has 1 heterocycles. The second kappa shape index (κ2) is 4.34. The van der Waals surface area contributed by atoms with E-state index in [-0.39, 0.29) is 0 Å². The first-order chi connectivity index (χ1) is 8.04. The second-order valence-corrected chi connectivity index (χ2v) is 4.53. The van der Waals surface area contributed by atoms with Gasteiger partial charge in [0, 0.05) is 17.7 Å². The third kappa shape index (κ3) is 1.98. The minimum atomic E-state index is 0.455. The Kier molecular flexibility index (Phi) is 3.03. The molecule has 3 nitrogen and oxygen atoms in total. The van der Waals surface area contributed by atoms with Crippen LogP contribution in [0.4, 0.5) is 0 Å². The van der Waals surface area contributed by atoms with Crippen LogP contribution >= 0.6 is 0 Å². The smallest absolute Gasteiger partial charge is 0.171 e. The van der Waals surface area contributed by atoms with Crippen molar-refractivity contribution in [2.24, 2.45) is 5.73 Å². The first-order valence-electron chi connectivity index (χ1n) is 5.78. The number of hydrogen-bond donors (Lipinski definition) is 1. The summed E-state index contributed by atoms with van der Waals surface area (Å²) in [6.45, 7) is 8.67. The van der Waals surface area contributed by atoms with E-state index >= 15 is 0 Å². The Bertz CT molecular complexity index is 556. The van der Waals surface area contributed by atoms with Crippen LogP contribution in [0.2, 0.25) is 0 Å². The van der Waals surface area contributed by atoms with Crippen molar-refractivity contribution >= 4 is 0 Å². The lowest BCUT2D eigenvalue weighted by Gasteiger charge is -2.08. The van der Waals surface area contributed by atoms with Gasteiger partial charge in [0.15, 0.2) is 5.76 Å². The average Bonchev–Trinajstić information content (AvgIpc) is 2.64. The fourth-order valence-corrected chi connectivity index (χ4v) is 2.05. The standard InChI is InChI=1S/C14H18N2O/c1-8-5-10(3)12(6-9(8)2)14-13(7-15)11(4)16-17-14/h5-6H,7,15H2,1-4H3. The SMILES string of the molecule is Cc1cc(C)c(-c2onc(C)c2CN)cc1C. The first-order valence-corrected chi connectivity index (χ1v) is 5.78. The maximum atomic E-state index is 5.75. The van der Waals surface area contributed by atoms with Gasteiger partial charge < -0.3 is 10.3 Å². The fraction of sp³-hybridized carbons (Fsp3) is 0.357. The van der Waals surface area contributed by atoms with E-state index < -0.39 is 0 Å². The number of nitrogens with two attached hydrogens (primary N) is 1. The van der Waals surface area contributed by atoms with Gasteiger partial charge in [-0.05, 0) is 50.5 Å². The van der Waals surface area contributed by atoms with Crippen LogP contribution in [-0.2, 0) is 6.54 Å². The Labute approximate surface area is 102 Å². The van der Waals surface area contributed by atoms with E-state index in [1.54, 1.807) is 0 Å². The van der Waals surface area contributed by atoms with E-state index in [1.165, 1.54) is 16.7 Å². The quantitative estimate of drug-likeness (QED) is 0.862. The normalized spacial score (nSPS) is 10.9. The summed E-state index contributed by atoms with van der Waals surface area (Å²) < 4.78 is 5.42. The number of aromatic nitrogens is 1. The van der Waals surface area contributed by atoms with Gasteiger partial charge in [0.1, 0.15) is 0 Å². The topological polar surface area (TPSA) is 52.0 Å². The predicted molar refractivity (Wildman–Crippen MR) is 68.8 cm³/mol. The van der Waals surface area contributed by atoms with E-state index in [0.717, 1.165) is 22.6 Å². The van der Waals surface area contributed by atoms with Crippen molar-refractivity contribution in [3.05, 3.63) is 40.1 Å². The van der Waals surface area contributed by atoms with Crippen LogP contribution in [-0.4, -0.2) is 5.16 Å². The van der Waals surface area contributed by atoms with E-state index in [2.05, 4.69) is 38.1 Å². The Hall–Kier alpha value is -1.61. The van der Waals surface area contributed by atoms with Crippen molar-refractivity contribution in [3.63, 3.8) is 0 Å². The average molecular weight is 230 g/mol. The molecule has 0 saturated carbocycles. The van der Waals surface area contributed by atoms with Crippen LogP contribution in [0, 0.1) is 27.7 Å². The lowest BCUT2D eigenvalue weighted by molar-refractivity contribution is 0.426. The molecule has 0 aliphatic carbocycles. The van der Waals surface area contributed by atoms with Gasteiger partial charge in [-0.25, -0.2) is 0 Å². The van der Waals surface area contributed by atoms with Gasteiger partial charge in [0.2, 0.25) is 0 Å². The molecule has 17 heavy (non-hydrogen) atoms. The van der Waals surface area contributed by atoms with Gasteiger partial charge in [0.25, 0.3) is 0 Å². The maximum Gasteiger partial charge on any atom is 0.171 e. The predicted octanol–water partition coefficient (Wildman–Crippen LogP) is 3.03. The number of nitrogens with zero attached hydrogens (tertiary/aromatic N) is 1. The van der Waals surface area contributed by atoms with E-state index in [1.807, 2.05) is 6.92 Å². The zero-order valence-electron chi connectivity index (χ0n) is 10.8. The zero-order chi connectivity index (χ0) is 12.6. The molecule has 0 aliphatic heterocycles. The number of benzene rings is 1. The highest BCUT2D eigenvalue weighted by Crippen LogP contribution is 2.30. The van der Waals surface area contributed by atoms with Crippen LogP contribution in [0.15, 0.2) is 16.7 Å². The molecule has 2 N–H and O–H groups in total. The van der Waals surface area contributed by atoms with E-state index in [9.17, 15) is 0 Å². The molecule has 1 aromatic heterocycles. The third-order valence-electron chi connectivity index (χ3n) is 3.27. The summed E-state index contributed by atoms with van der Waals surface area (Å²) in [7, 11) is 0. The zero-order valence-corrected chi connectivity index (χ0v) is 10.8. The summed E-state index contributed by atoms with van der Waals surface area (Å²) in [6, 6.07) is 4.31.